The zero-order valence-corrected chi connectivity index (χ0v) is 13.3. The van der Waals surface area contributed by atoms with Gasteiger partial charge in [-0.1, -0.05) is 43.2 Å². The van der Waals surface area contributed by atoms with Gasteiger partial charge in [0.1, 0.15) is 5.75 Å². The molecule has 21 heavy (non-hydrogen) atoms. The Labute approximate surface area is 128 Å². The van der Waals surface area contributed by atoms with Crippen molar-refractivity contribution in [3.63, 3.8) is 0 Å². The molecule has 0 amide bonds. The van der Waals surface area contributed by atoms with Crippen LogP contribution in [0.15, 0.2) is 42.5 Å². The van der Waals surface area contributed by atoms with E-state index >= 15 is 0 Å². The molecule has 0 spiro atoms. The molecule has 2 heteroatoms. The molecule has 0 fully saturated rings. The minimum absolute atomic E-state index is 0.796. The minimum Gasteiger partial charge on any atom is -0.494 e. The van der Waals surface area contributed by atoms with E-state index in [1.54, 1.807) is 0 Å². The summed E-state index contributed by atoms with van der Waals surface area (Å²) in [7, 11) is 0. The van der Waals surface area contributed by atoms with Crippen molar-refractivity contribution in [3.05, 3.63) is 59.2 Å². The quantitative estimate of drug-likeness (QED) is 0.714. The highest BCUT2D eigenvalue weighted by Gasteiger charge is 2.00. The summed E-state index contributed by atoms with van der Waals surface area (Å²) in [5, 5.41) is 3.50. The molecule has 0 aliphatic heterocycles. The Morgan fingerprint density at radius 2 is 1.90 bits per heavy atom. The van der Waals surface area contributed by atoms with Crippen LogP contribution in [0.2, 0.25) is 0 Å². The Morgan fingerprint density at radius 3 is 2.67 bits per heavy atom. The van der Waals surface area contributed by atoms with Gasteiger partial charge in [0.05, 0.1) is 6.61 Å². The lowest BCUT2D eigenvalue weighted by Gasteiger charge is -2.11. The Bertz CT molecular complexity index is 578. The Kier molecular flexibility index (Phi) is 5.68. The maximum absolute atomic E-state index is 5.75. The number of ether oxygens (including phenoxy) is 1. The number of rotatable bonds is 7. The molecule has 0 aliphatic carbocycles. The molecule has 112 valence electrons. The fourth-order valence-electron chi connectivity index (χ4n) is 2.29. The lowest BCUT2D eigenvalue weighted by atomic mass is 10.1. The van der Waals surface area contributed by atoms with Crippen molar-refractivity contribution < 1.29 is 4.74 Å². The van der Waals surface area contributed by atoms with E-state index < -0.39 is 0 Å². The van der Waals surface area contributed by atoms with E-state index in [0.717, 1.165) is 31.7 Å². The number of anilines is 1. The molecule has 0 saturated carbocycles. The van der Waals surface area contributed by atoms with Crippen LogP contribution in [-0.2, 0) is 6.54 Å². The second-order valence-electron chi connectivity index (χ2n) is 5.52. The molecule has 1 N–H and O–H groups in total. The summed E-state index contributed by atoms with van der Waals surface area (Å²) in [4.78, 5) is 0. The van der Waals surface area contributed by atoms with Crippen molar-refractivity contribution in [2.75, 3.05) is 11.9 Å². The van der Waals surface area contributed by atoms with Gasteiger partial charge in [-0.15, -0.1) is 0 Å². The first-order chi connectivity index (χ1) is 10.2. The summed E-state index contributed by atoms with van der Waals surface area (Å²) in [6.45, 7) is 8.04. The van der Waals surface area contributed by atoms with Crippen LogP contribution in [0.25, 0.3) is 0 Å². The molecule has 0 aromatic heterocycles. The second-order valence-corrected chi connectivity index (χ2v) is 5.52. The lowest BCUT2D eigenvalue weighted by Crippen LogP contribution is -2.02. The second kappa shape index (κ2) is 7.72. The maximum atomic E-state index is 5.75. The molecule has 2 aromatic carbocycles. The van der Waals surface area contributed by atoms with Crippen molar-refractivity contribution in [1.29, 1.82) is 0 Å². The van der Waals surface area contributed by atoms with Crippen LogP contribution < -0.4 is 10.1 Å². The third-order valence-corrected chi connectivity index (χ3v) is 3.53. The Balaban J connectivity index is 1.95. The third-order valence-electron chi connectivity index (χ3n) is 3.53. The van der Waals surface area contributed by atoms with Crippen LogP contribution in [0.4, 0.5) is 5.69 Å². The fourth-order valence-corrected chi connectivity index (χ4v) is 2.29. The van der Waals surface area contributed by atoms with Crippen molar-refractivity contribution in [2.45, 2.75) is 40.2 Å². The van der Waals surface area contributed by atoms with E-state index in [1.807, 2.05) is 6.07 Å². The molecule has 0 atom stereocenters. The molecule has 2 rings (SSSR count). The van der Waals surface area contributed by atoms with Crippen molar-refractivity contribution in [1.82, 2.24) is 0 Å². The standard InChI is InChI=1S/C19H25NO/c1-4-5-11-21-18-8-6-7-17(13-18)14-20-19-10-9-15(2)12-16(19)3/h6-10,12-13,20H,4-5,11,14H2,1-3H3. The predicted molar refractivity (Wildman–Crippen MR) is 90.1 cm³/mol. The van der Waals surface area contributed by atoms with Crippen LogP contribution in [0, 0.1) is 13.8 Å². The molecule has 0 heterocycles. The fraction of sp³-hybridized carbons (Fsp3) is 0.368. The van der Waals surface area contributed by atoms with Gasteiger partial charge in [-0.05, 0) is 49.6 Å². The van der Waals surface area contributed by atoms with Crippen molar-refractivity contribution in [2.24, 2.45) is 0 Å². The van der Waals surface area contributed by atoms with E-state index in [-0.39, 0.29) is 0 Å². The summed E-state index contributed by atoms with van der Waals surface area (Å²) >= 11 is 0. The van der Waals surface area contributed by atoms with E-state index in [9.17, 15) is 0 Å². The summed E-state index contributed by atoms with van der Waals surface area (Å²) < 4.78 is 5.75. The predicted octanol–water partition coefficient (Wildman–Crippen LogP) is 5.09. The average Bonchev–Trinajstić information content (AvgIpc) is 2.47. The zero-order valence-electron chi connectivity index (χ0n) is 13.3. The molecule has 0 unspecified atom stereocenters. The maximum Gasteiger partial charge on any atom is 0.119 e. The van der Waals surface area contributed by atoms with Crippen molar-refractivity contribution in [3.8, 4) is 5.75 Å². The topological polar surface area (TPSA) is 21.3 Å². The number of unbranched alkanes of at least 4 members (excludes halogenated alkanes) is 1. The zero-order chi connectivity index (χ0) is 15.1. The van der Waals surface area contributed by atoms with Gasteiger partial charge in [-0.25, -0.2) is 0 Å². The van der Waals surface area contributed by atoms with Gasteiger partial charge in [0.15, 0.2) is 0 Å². The van der Waals surface area contributed by atoms with E-state index in [4.69, 9.17) is 4.74 Å². The highest BCUT2D eigenvalue weighted by atomic mass is 16.5. The molecule has 0 bridgehead atoms. The van der Waals surface area contributed by atoms with Crippen LogP contribution in [0.3, 0.4) is 0 Å². The Hall–Kier alpha value is -1.96. The molecular weight excluding hydrogens is 258 g/mol. The molecule has 0 aliphatic rings. The van der Waals surface area contributed by atoms with Crippen LogP contribution >= 0.6 is 0 Å². The van der Waals surface area contributed by atoms with Gasteiger partial charge in [0.2, 0.25) is 0 Å². The summed E-state index contributed by atoms with van der Waals surface area (Å²) in [5.41, 5.74) is 5.01. The average molecular weight is 283 g/mol. The summed E-state index contributed by atoms with van der Waals surface area (Å²) in [5.74, 6) is 0.961. The first-order valence-corrected chi connectivity index (χ1v) is 7.72. The monoisotopic (exact) mass is 283 g/mol. The SMILES string of the molecule is CCCCOc1cccc(CNc2ccc(C)cc2C)c1. The van der Waals surface area contributed by atoms with E-state index in [1.165, 1.54) is 22.4 Å². The normalized spacial score (nSPS) is 10.4. The number of benzene rings is 2. The van der Waals surface area contributed by atoms with Gasteiger partial charge >= 0.3 is 0 Å². The summed E-state index contributed by atoms with van der Waals surface area (Å²) in [6, 6.07) is 14.8. The number of hydrogen-bond donors (Lipinski definition) is 1. The van der Waals surface area contributed by atoms with Crippen LogP contribution in [0.5, 0.6) is 5.75 Å². The Morgan fingerprint density at radius 1 is 1.05 bits per heavy atom. The van der Waals surface area contributed by atoms with Gasteiger partial charge in [-0.2, -0.15) is 0 Å². The van der Waals surface area contributed by atoms with E-state index in [2.05, 4.69) is 62.5 Å². The molecule has 0 saturated heterocycles. The largest absolute Gasteiger partial charge is 0.494 e. The van der Waals surface area contributed by atoms with Gasteiger partial charge in [0, 0.05) is 12.2 Å². The minimum atomic E-state index is 0.796. The highest BCUT2D eigenvalue weighted by Crippen LogP contribution is 2.19. The lowest BCUT2D eigenvalue weighted by molar-refractivity contribution is 0.309. The number of aryl methyl sites for hydroxylation is 2. The highest BCUT2D eigenvalue weighted by molar-refractivity contribution is 5.52. The van der Waals surface area contributed by atoms with Gasteiger partial charge in [-0.3, -0.25) is 0 Å². The molecular formula is C19H25NO. The third kappa shape index (κ3) is 4.82. The number of nitrogens with one attached hydrogen (secondary N) is 1. The summed E-state index contributed by atoms with van der Waals surface area (Å²) in [6.07, 6.45) is 2.26. The van der Waals surface area contributed by atoms with E-state index in [0.29, 0.717) is 0 Å². The molecule has 2 nitrogen and oxygen atoms in total. The van der Waals surface area contributed by atoms with Gasteiger partial charge < -0.3 is 10.1 Å². The first kappa shape index (κ1) is 15.4. The van der Waals surface area contributed by atoms with Crippen molar-refractivity contribution >= 4 is 5.69 Å². The smallest absolute Gasteiger partial charge is 0.119 e. The van der Waals surface area contributed by atoms with Gasteiger partial charge in [0.25, 0.3) is 0 Å². The van der Waals surface area contributed by atoms with Crippen LogP contribution in [-0.4, -0.2) is 6.61 Å². The van der Waals surface area contributed by atoms with Crippen LogP contribution in [0.1, 0.15) is 36.5 Å². The first-order valence-electron chi connectivity index (χ1n) is 7.72. The molecule has 2 aromatic rings. The molecule has 0 radical (unpaired) electrons. The number of hydrogen-bond acceptors (Lipinski definition) is 2.